The average Bonchev–Trinajstić information content (AvgIpc) is 2.48. The van der Waals surface area contributed by atoms with E-state index in [1.807, 2.05) is 31.2 Å². The van der Waals surface area contributed by atoms with E-state index in [1.165, 1.54) is 12.1 Å². The minimum atomic E-state index is -0.280. The molecule has 0 fully saturated rings. The maximum absolute atomic E-state index is 12.9. The summed E-state index contributed by atoms with van der Waals surface area (Å²) in [6.45, 7) is 4.00. The van der Waals surface area contributed by atoms with Crippen LogP contribution in [0.3, 0.4) is 0 Å². The van der Waals surface area contributed by atoms with E-state index in [2.05, 4.69) is 0 Å². The lowest BCUT2D eigenvalue weighted by Crippen LogP contribution is -2.12. The molecule has 0 saturated heterocycles. The Morgan fingerprint density at radius 1 is 1.05 bits per heavy atom. The van der Waals surface area contributed by atoms with Crippen LogP contribution >= 0.6 is 0 Å². The Labute approximate surface area is 118 Å². The molecule has 0 radical (unpaired) electrons. The number of esters is 1. The third-order valence-electron chi connectivity index (χ3n) is 3.23. The normalized spacial score (nSPS) is 11.9. The van der Waals surface area contributed by atoms with E-state index < -0.39 is 0 Å². The van der Waals surface area contributed by atoms with Crippen molar-refractivity contribution in [1.82, 2.24) is 0 Å². The van der Waals surface area contributed by atoms with Crippen molar-refractivity contribution >= 4 is 5.97 Å². The Kier molecular flexibility index (Phi) is 4.51. The van der Waals surface area contributed by atoms with E-state index in [-0.39, 0.29) is 17.7 Å². The standard InChI is InChI=1S/C17H17FO2/c1-3-20-17(19)12(2)13-4-6-14(7-5-13)15-8-10-16(18)11-9-15/h4-12H,3H2,1-2H3. The highest BCUT2D eigenvalue weighted by Crippen LogP contribution is 2.23. The molecule has 0 aliphatic heterocycles. The van der Waals surface area contributed by atoms with Gasteiger partial charge >= 0.3 is 5.97 Å². The van der Waals surface area contributed by atoms with E-state index >= 15 is 0 Å². The molecular formula is C17H17FO2. The van der Waals surface area contributed by atoms with Gasteiger partial charge in [-0.3, -0.25) is 4.79 Å². The zero-order chi connectivity index (χ0) is 14.5. The summed E-state index contributed by atoms with van der Waals surface area (Å²) < 4.78 is 17.9. The van der Waals surface area contributed by atoms with Crippen molar-refractivity contribution in [2.75, 3.05) is 6.61 Å². The summed E-state index contributed by atoms with van der Waals surface area (Å²) >= 11 is 0. The molecule has 0 saturated carbocycles. The summed E-state index contributed by atoms with van der Waals surface area (Å²) in [6, 6.07) is 14.0. The predicted molar refractivity (Wildman–Crippen MR) is 76.9 cm³/mol. The minimum absolute atomic E-state index is 0.220. The van der Waals surface area contributed by atoms with Gasteiger partial charge in [0.25, 0.3) is 0 Å². The van der Waals surface area contributed by atoms with Gasteiger partial charge in [-0.15, -0.1) is 0 Å². The number of carbonyl (C=O) groups is 1. The van der Waals surface area contributed by atoms with E-state index in [0.29, 0.717) is 6.61 Å². The van der Waals surface area contributed by atoms with Crippen LogP contribution in [0.2, 0.25) is 0 Å². The molecule has 0 aliphatic carbocycles. The fraction of sp³-hybridized carbons (Fsp3) is 0.235. The Hall–Kier alpha value is -2.16. The van der Waals surface area contributed by atoms with E-state index in [9.17, 15) is 9.18 Å². The van der Waals surface area contributed by atoms with Gasteiger partial charge in [-0.1, -0.05) is 36.4 Å². The van der Waals surface area contributed by atoms with Crippen LogP contribution in [-0.4, -0.2) is 12.6 Å². The zero-order valence-corrected chi connectivity index (χ0v) is 11.6. The first-order chi connectivity index (χ1) is 9.61. The summed E-state index contributed by atoms with van der Waals surface area (Å²) in [5.74, 6) is -0.749. The van der Waals surface area contributed by atoms with E-state index in [1.54, 1.807) is 19.1 Å². The Balaban J connectivity index is 2.17. The maximum atomic E-state index is 12.9. The average molecular weight is 272 g/mol. The van der Waals surface area contributed by atoms with Crippen molar-refractivity contribution in [1.29, 1.82) is 0 Å². The lowest BCUT2D eigenvalue weighted by molar-refractivity contribution is -0.144. The molecular weight excluding hydrogens is 255 g/mol. The van der Waals surface area contributed by atoms with Crippen LogP contribution < -0.4 is 0 Å². The minimum Gasteiger partial charge on any atom is -0.466 e. The molecule has 0 aromatic heterocycles. The molecule has 2 rings (SSSR count). The van der Waals surface area contributed by atoms with Crippen LogP contribution in [0.5, 0.6) is 0 Å². The van der Waals surface area contributed by atoms with Gasteiger partial charge in [0.15, 0.2) is 0 Å². The summed E-state index contributed by atoms with van der Waals surface area (Å²) in [5, 5.41) is 0. The van der Waals surface area contributed by atoms with Gasteiger partial charge in [0.2, 0.25) is 0 Å². The summed E-state index contributed by atoms with van der Waals surface area (Å²) in [6.07, 6.45) is 0. The summed E-state index contributed by atoms with van der Waals surface area (Å²) in [5.41, 5.74) is 2.85. The summed E-state index contributed by atoms with van der Waals surface area (Å²) in [7, 11) is 0. The Bertz CT molecular complexity index is 573. The van der Waals surface area contributed by atoms with E-state index in [0.717, 1.165) is 16.7 Å². The number of halogens is 1. The highest BCUT2D eigenvalue weighted by atomic mass is 19.1. The third kappa shape index (κ3) is 3.23. The van der Waals surface area contributed by atoms with Crippen molar-refractivity contribution < 1.29 is 13.9 Å². The predicted octanol–water partition coefficient (Wildman–Crippen LogP) is 4.16. The quantitative estimate of drug-likeness (QED) is 0.781. The fourth-order valence-electron chi connectivity index (χ4n) is 2.01. The van der Waals surface area contributed by atoms with Crippen LogP contribution in [0, 0.1) is 5.82 Å². The second-order valence-electron chi connectivity index (χ2n) is 4.60. The molecule has 0 aliphatic rings. The van der Waals surface area contributed by atoms with Crippen molar-refractivity contribution in [3.05, 3.63) is 59.9 Å². The van der Waals surface area contributed by atoms with Gasteiger partial charge in [-0.05, 0) is 42.7 Å². The molecule has 0 N–H and O–H groups in total. The van der Waals surface area contributed by atoms with Crippen LogP contribution in [0.4, 0.5) is 4.39 Å². The first-order valence-electron chi connectivity index (χ1n) is 6.64. The summed E-state index contributed by atoms with van der Waals surface area (Å²) in [4.78, 5) is 11.7. The molecule has 104 valence electrons. The number of carbonyl (C=O) groups excluding carboxylic acids is 1. The molecule has 1 atom stereocenters. The molecule has 3 heteroatoms. The largest absolute Gasteiger partial charge is 0.466 e. The third-order valence-corrected chi connectivity index (χ3v) is 3.23. The smallest absolute Gasteiger partial charge is 0.313 e. The number of ether oxygens (including phenoxy) is 1. The van der Waals surface area contributed by atoms with Crippen LogP contribution in [-0.2, 0) is 9.53 Å². The van der Waals surface area contributed by atoms with Gasteiger partial charge in [0.05, 0.1) is 12.5 Å². The molecule has 0 spiro atoms. The van der Waals surface area contributed by atoms with Crippen molar-refractivity contribution in [2.45, 2.75) is 19.8 Å². The van der Waals surface area contributed by atoms with Crippen molar-refractivity contribution in [2.24, 2.45) is 0 Å². The van der Waals surface area contributed by atoms with Crippen molar-refractivity contribution in [3.8, 4) is 11.1 Å². The highest BCUT2D eigenvalue weighted by Gasteiger charge is 2.15. The van der Waals surface area contributed by atoms with Crippen LogP contribution in [0.15, 0.2) is 48.5 Å². The van der Waals surface area contributed by atoms with Crippen LogP contribution in [0.1, 0.15) is 25.3 Å². The van der Waals surface area contributed by atoms with Crippen LogP contribution in [0.25, 0.3) is 11.1 Å². The first-order valence-corrected chi connectivity index (χ1v) is 6.64. The second-order valence-corrected chi connectivity index (χ2v) is 4.60. The Morgan fingerprint density at radius 2 is 1.55 bits per heavy atom. The number of hydrogen-bond acceptors (Lipinski definition) is 2. The number of benzene rings is 2. The molecule has 2 aromatic carbocycles. The van der Waals surface area contributed by atoms with Gasteiger partial charge < -0.3 is 4.74 Å². The lowest BCUT2D eigenvalue weighted by Gasteiger charge is -2.11. The monoisotopic (exact) mass is 272 g/mol. The topological polar surface area (TPSA) is 26.3 Å². The molecule has 2 nitrogen and oxygen atoms in total. The maximum Gasteiger partial charge on any atom is 0.313 e. The first kappa shape index (κ1) is 14.3. The Morgan fingerprint density at radius 3 is 2.05 bits per heavy atom. The fourth-order valence-corrected chi connectivity index (χ4v) is 2.01. The van der Waals surface area contributed by atoms with Gasteiger partial charge in [0.1, 0.15) is 5.82 Å². The molecule has 0 bridgehead atoms. The lowest BCUT2D eigenvalue weighted by atomic mass is 9.97. The zero-order valence-electron chi connectivity index (χ0n) is 11.6. The molecule has 0 amide bonds. The molecule has 2 aromatic rings. The van der Waals surface area contributed by atoms with E-state index in [4.69, 9.17) is 4.74 Å². The van der Waals surface area contributed by atoms with Gasteiger partial charge in [-0.2, -0.15) is 0 Å². The van der Waals surface area contributed by atoms with Gasteiger partial charge in [-0.25, -0.2) is 4.39 Å². The molecule has 0 heterocycles. The number of hydrogen-bond donors (Lipinski definition) is 0. The SMILES string of the molecule is CCOC(=O)C(C)c1ccc(-c2ccc(F)cc2)cc1. The number of rotatable bonds is 4. The van der Waals surface area contributed by atoms with Gasteiger partial charge in [0, 0.05) is 0 Å². The highest BCUT2D eigenvalue weighted by molar-refractivity contribution is 5.78. The van der Waals surface area contributed by atoms with Crippen molar-refractivity contribution in [3.63, 3.8) is 0 Å². The molecule has 1 unspecified atom stereocenters. The molecule has 20 heavy (non-hydrogen) atoms. The second kappa shape index (κ2) is 6.33.